The van der Waals surface area contributed by atoms with Crippen molar-refractivity contribution in [2.75, 3.05) is 13.2 Å². The number of benzene rings is 1. The highest BCUT2D eigenvalue weighted by atomic mass is 16.5. The second-order valence-corrected chi connectivity index (χ2v) is 4.92. The van der Waals surface area contributed by atoms with Gasteiger partial charge in [-0.1, -0.05) is 39.5 Å². The summed E-state index contributed by atoms with van der Waals surface area (Å²) < 4.78 is 11.5. The molecular weight excluding hydrogens is 236 g/mol. The van der Waals surface area contributed by atoms with E-state index in [4.69, 9.17) is 9.47 Å². The average Bonchev–Trinajstić information content (AvgIpc) is 2.39. The van der Waals surface area contributed by atoms with Crippen molar-refractivity contribution >= 4 is 0 Å². The molecule has 0 spiro atoms. The molecule has 1 aromatic carbocycles. The van der Waals surface area contributed by atoms with Gasteiger partial charge in [-0.15, -0.1) is 0 Å². The Morgan fingerprint density at radius 3 is 1.68 bits per heavy atom. The lowest BCUT2D eigenvalue weighted by Crippen LogP contribution is -2.00. The lowest BCUT2D eigenvalue weighted by molar-refractivity contribution is 0.291. The van der Waals surface area contributed by atoms with E-state index in [2.05, 4.69) is 20.8 Å². The Hall–Kier alpha value is -1.18. The summed E-state index contributed by atoms with van der Waals surface area (Å²) in [4.78, 5) is 0. The molecule has 0 aliphatic carbocycles. The number of hydrogen-bond donors (Lipinski definition) is 0. The Morgan fingerprint density at radius 1 is 0.789 bits per heavy atom. The Balaban J connectivity index is 2.41. The van der Waals surface area contributed by atoms with E-state index in [9.17, 15) is 0 Å². The average molecular weight is 263 g/mol. The van der Waals surface area contributed by atoms with Crippen molar-refractivity contribution in [1.82, 2.24) is 0 Å². The minimum atomic E-state index is 0.770. The Labute approximate surface area is 118 Å². The molecule has 1 radical (unpaired) electrons. The highest BCUT2D eigenvalue weighted by molar-refractivity contribution is 5.39. The van der Waals surface area contributed by atoms with Gasteiger partial charge in [-0.25, -0.2) is 0 Å². The van der Waals surface area contributed by atoms with Crippen molar-refractivity contribution in [1.29, 1.82) is 0 Å². The fourth-order valence-electron chi connectivity index (χ4n) is 1.88. The topological polar surface area (TPSA) is 18.5 Å². The second-order valence-electron chi connectivity index (χ2n) is 4.92. The number of unbranched alkanes of at least 4 members (excludes halogenated alkanes) is 4. The first kappa shape index (κ1) is 15.9. The molecule has 0 aliphatic rings. The molecule has 0 saturated carbocycles. The maximum atomic E-state index is 5.74. The van der Waals surface area contributed by atoms with Crippen LogP contribution in [0.2, 0.25) is 0 Å². The predicted octanol–water partition coefficient (Wildman–Crippen LogP) is 5.01. The summed E-state index contributed by atoms with van der Waals surface area (Å²) in [5.74, 6) is 1.74. The van der Waals surface area contributed by atoms with Crippen LogP contribution in [0.3, 0.4) is 0 Å². The molecule has 0 bridgehead atoms. The number of rotatable bonds is 10. The molecule has 2 heteroatoms. The summed E-state index contributed by atoms with van der Waals surface area (Å²) in [5, 5.41) is 0. The molecule has 0 amide bonds. The molecule has 0 aromatic heterocycles. The van der Waals surface area contributed by atoms with Gasteiger partial charge < -0.3 is 9.47 Å². The summed E-state index contributed by atoms with van der Waals surface area (Å²) in [6.45, 7) is 9.90. The van der Waals surface area contributed by atoms with Crippen molar-refractivity contribution in [2.45, 2.75) is 52.4 Å². The third-order valence-corrected chi connectivity index (χ3v) is 2.97. The van der Waals surface area contributed by atoms with Crippen LogP contribution in [-0.2, 0) is 0 Å². The number of ether oxygens (including phenoxy) is 2. The van der Waals surface area contributed by atoms with E-state index in [1.807, 2.05) is 18.2 Å². The van der Waals surface area contributed by atoms with Gasteiger partial charge in [0.2, 0.25) is 0 Å². The highest BCUT2D eigenvalue weighted by Crippen LogP contribution is 2.23. The second kappa shape index (κ2) is 9.71. The maximum absolute atomic E-state index is 5.74. The van der Waals surface area contributed by atoms with E-state index in [0.717, 1.165) is 43.1 Å². The Morgan fingerprint density at radius 2 is 1.26 bits per heavy atom. The van der Waals surface area contributed by atoms with E-state index < -0.39 is 0 Å². The summed E-state index contributed by atoms with van der Waals surface area (Å²) in [6, 6.07) is 5.89. The number of hydrogen-bond acceptors (Lipinski definition) is 2. The van der Waals surface area contributed by atoms with Crippen molar-refractivity contribution in [3.8, 4) is 11.5 Å². The van der Waals surface area contributed by atoms with Crippen molar-refractivity contribution in [3.63, 3.8) is 0 Å². The van der Waals surface area contributed by atoms with Gasteiger partial charge in [-0.05, 0) is 37.5 Å². The molecule has 0 atom stereocenters. The van der Waals surface area contributed by atoms with Crippen LogP contribution in [0.1, 0.15) is 57.9 Å². The van der Waals surface area contributed by atoms with Gasteiger partial charge in [0.1, 0.15) is 11.5 Å². The SMILES string of the molecule is [CH2]c1cc(OCCCCC)cc(OCCCCC)c1. The van der Waals surface area contributed by atoms with E-state index in [1.165, 1.54) is 25.7 Å². The van der Waals surface area contributed by atoms with Crippen molar-refractivity contribution in [2.24, 2.45) is 0 Å². The molecule has 0 fully saturated rings. The van der Waals surface area contributed by atoms with Gasteiger partial charge in [0, 0.05) is 6.07 Å². The Kier molecular flexibility index (Phi) is 8.11. The molecule has 1 aromatic rings. The van der Waals surface area contributed by atoms with Gasteiger partial charge in [-0.3, -0.25) is 0 Å². The zero-order valence-corrected chi connectivity index (χ0v) is 12.4. The lowest BCUT2D eigenvalue weighted by atomic mass is 10.2. The van der Waals surface area contributed by atoms with Crippen LogP contribution in [-0.4, -0.2) is 13.2 Å². The first-order valence-electron chi connectivity index (χ1n) is 7.49. The van der Waals surface area contributed by atoms with Gasteiger partial charge in [0.15, 0.2) is 0 Å². The van der Waals surface area contributed by atoms with Crippen LogP contribution in [0.5, 0.6) is 11.5 Å². The summed E-state index contributed by atoms with van der Waals surface area (Å²) in [5.41, 5.74) is 0.943. The first-order chi connectivity index (χ1) is 9.26. The van der Waals surface area contributed by atoms with Crippen LogP contribution in [0, 0.1) is 6.92 Å². The van der Waals surface area contributed by atoms with E-state index in [0.29, 0.717) is 0 Å². The third kappa shape index (κ3) is 7.09. The van der Waals surface area contributed by atoms with Gasteiger partial charge in [0.05, 0.1) is 13.2 Å². The predicted molar refractivity (Wildman–Crippen MR) is 80.9 cm³/mol. The third-order valence-electron chi connectivity index (χ3n) is 2.97. The quantitative estimate of drug-likeness (QED) is 0.553. The zero-order valence-electron chi connectivity index (χ0n) is 12.4. The molecule has 0 aliphatic heterocycles. The van der Waals surface area contributed by atoms with E-state index in [-0.39, 0.29) is 0 Å². The molecule has 0 saturated heterocycles. The van der Waals surface area contributed by atoms with Gasteiger partial charge in [0.25, 0.3) is 0 Å². The van der Waals surface area contributed by atoms with Crippen molar-refractivity contribution < 1.29 is 9.47 Å². The van der Waals surface area contributed by atoms with E-state index in [1.54, 1.807) is 0 Å². The summed E-state index contributed by atoms with van der Waals surface area (Å²) >= 11 is 0. The summed E-state index contributed by atoms with van der Waals surface area (Å²) in [7, 11) is 0. The fraction of sp³-hybridized carbons (Fsp3) is 0.588. The largest absolute Gasteiger partial charge is 0.493 e. The molecule has 0 unspecified atom stereocenters. The normalized spacial score (nSPS) is 10.5. The van der Waals surface area contributed by atoms with Crippen LogP contribution in [0.4, 0.5) is 0 Å². The smallest absolute Gasteiger partial charge is 0.123 e. The summed E-state index contributed by atoms with van der Waals surface area (Å²) in [6.07, 6.45) is 7.05. The molecule has 2 nitrogen and oxygen atoms in total. The molecular formula is C17H27O2. The molecule has 107 valence electrons. The molecule has 1 rings (SSSR count). The maximum Gasteiger partial charge on any atom is 0.123 e. The molecule has 0 N–H and O–H groups in total. The molecule has 0 heterocycles. The zero-order chi connectivity index (χ0) is 13.9. The fourth-order valence-corrected chi connectivity index (χ4v) is 1.88. The first-order valence-corrected chi connectivity index (χ1v) is 7.49. The van der Waals surface area contributed by atoms with Crippen molar-refractivity contribution in [3.05, 3.63) is 30.7 Å². The highest BCUT2D eigenvalue weighted by Gasteiger charge is 2.01. The van der Waals surface area contributed by atoms with Crippen LogP contribution < -0.4 is 9.47 Å². The van der Waals surface area contributed by atoms with Crippen LogP contribution >= 0.6 is 0 Å². The van der Waals surface area contributed by atoms with Crippen LogP contribution in [0.15, 0.2) is 18.2 Å². The molecule has 19 heavy (non-hydrogen) atoms. The standard InChI is InChI=1S/C17H27O2/c1-4-6-8-10-18-16-12-15(3)13-17(14-16)19-11-9-7-5-2/h12-14H,3-11H2,1-2H3. The van der Waals surface area contributed by atoms with E-state index >= 15 is 0 Å². The Bertz CT molecular complexity index is 317. The minimum Gasteiger partial charge on any atom is -0.493 e. The van der Waals surface area contributed by atoms with Gasteiger partial charge >= 0.3 is 0 Å². The minimum absolute atomic E-state index is 0.770. The monoisotopic (exact) mass is 263 g/mol. The van der Waals surface area contributed by atoms with Crippen LogP contribution in [0.25, 0.3) is 0 Å². The lowest BCUT2D eigenvalue weighted by Gasteiger charge is -2.11. The van der Waals surface area contributed by atoms with Gasteiger partial charge in [-0.2, -0.15) is 0 Å².